The molecule has 3 heteroatoms. The van der Waals surface area contributed by atoms with Crippen LogP contribution in [0.15, 0.2) is 42.5 Å². The van der Waals surface area contributed by atoms with Crippen LogP contribution in [0.3, 0.4) is 0 Å². The summed E-state index contributed by atoms with van der Waals surface area (Å²) in [6.07, 6.45) is 23.6. The fraction of sp³-hybridized carbons (Fsp3) is 0.622. The molecule has 1 saturated carbocycles. The number of hydrogen-bond acceptors (Lipinski definition) is 3. The number of unbranched alkanes of at least 4 members (excludes halogenated alkanes) is 11. The van der Waals surface area contributed by atoms with E-state index in [0.717, 1.165) is 62.5 Å². The van der Waals surface area contributed by atoms with E-state index in [-0.39, 0.29) is 5.97 Å². The van der Waals surface area contributed by atoms with E-state index < -0.39 is 5.41 Å². The smallest absolute Gasteiger partial charge is 0.321 e. The van der Waals surface area contributed by atoms with Gasteiger partial charge in [-0.05, 0) is 67.3 Å². The Bertz CT molecular complexity index is 1040. The van der Waals surface area contributed by atoms with Crippen LogP contribution in [0, 0.1) is 11.3 Å². The number of ether oxygens (including phenoxy) is 1. The lowest BCUT2D eigenvalue weighted by molar-refractivity contribution is -0.142. The number of esters is 1. The van der Waals surface area contributed by atoms with Crippen LogP contribution in [0.1, 0.15) is 152 Å². The molecule has 0 spiro atoms. The number of hydrogen-bond donors (Lipinski definition) is 0. The molecule has 0 amide bonds. The number of carbonyl (C=O) groups is 1. The van der Waals surface area contributed by atoms with Crippen molar-refractivity contribution in [1.29, 1.82) is 5.26 Å². The fourth-order valence-electron chi connectivity index (χ4n) is 6.26. The highest BCUT2D eigenvalue weighted by Crippen LogP contribution is 2.41. The average Bonchev–Trinajstić information content (AvgIpc) is 2.99. The summed E-state index contributed by atoms with van der Waals surface area (Å²) in [4.78, 5) is 13.8. The van der Waals surface area contributed by atoms with Crippen LogP contribution in [-0.2, 0) is 23.1 Å². The maximum atomic E-state index is 13.8. The van der Waals surface area contributed by atoms with Crippen molar-refractivity contribution in [2.24, 2.45) is 0 Å². The molecule has 1 fully saturated rings. The zero-order valence-corrected chi connectivity index (χ0v) is 25.4. The highest BCUT2D eigenvalue weighted by atomic mass is 16.5. The quantitative estimate of drug-likeness (QED) is 0.107. The summed E-state index contributed by atoms with van der Waals surface area (Å²) in [6, 6.07) is 16.8. The molecule has 0 aliphatic heterocycles. The minimum absolute atomic E-state index is 0.202. The Morgan fingerprint density at radius 2 is 1.25 bits per heavy atom. The SMILES string of the molecule is CCCCCCCCCc1ccc(OC(=O)C2(c3ccc(CCCCCCCC)cc3)CCCCC2)c(C#N)c1. The van der Waals surface area contributed by atoms with Gasteiger partial charge >= 0.3 is 5.97 Å². The Balaban J connectivity index is 1.61. The predicted octanol–water partition coefficient (Wildman–Crippen LogP) is 10.6. The first-order valence-electron chi connectivity index (χ1n) is 16.5. The van der Waals surface area contributed by atoms with Crippen LogP contribution in [0.5, 0.6) is 5.75 Å². The Morgan fingerprint density at radius 3 is 1.82 bits per heavy atom. The van der Waals surface area contributed by atoms with E-state index in [4.69, 9.17) is 4.74 Å². The maximum Gasteiger partial charge on any atom is 0.321 e. The number of aryl methyl sites for hydroxylation is 2. The van der Waals surface area contributed by atoms with Gasteiger partial charge in [0, 0.05) is 0 Å². The topological polar surface area (TPSA) is 50.1 Å². The first-order valence-corrected chi connectivity index (χ1v) is 16.5. The molecule has 1 aliphatic carbocycles. The van der Waals surface area contributed by atoms with Crippen LogP contribution in [0.4, 0.5) is 0 Å². The van der Waals surface area contributed by atoms with Crippen molar-refractivity contribution in [3.05, 3.63) is 64.7 Å². The minimum atomic E-state index is -0.625. The first kappa shape index (κ1) is 31.9. The number of carbonyl (C=O) groups excluding carboxylic acids is 1. The van der Waals surface area contributed by atoms with Crippen LogP contribution >= 0.6 is 0 Å². The molecule has 0 saturated heterocycles. The molecule has 0 atom stereocenters. The van der Waals surface area contributed by atoms with Gasteiger partial charge in [0.15, 0.2) is 0 Å². The van der Waals surface area contributed by atoms with Gasteiger partial charge in [0.25, 0.3) is 0 Å². The summed E-state index contributed by atoms with van der Waals surface area (Å²) < 4.78 is 6.05. The van der Waals surface area contributed by atoms with E-state index in [2.05, 4.69) is 44.2 Å². The van der Waals surface area contributed by atoms with Gasteiger partial charge < -0.3 is 4.74 Å². The van der Waals surface area contributed by atoms with Gasteiger partial charge in [-0.25, -0.2) is 0 Å². The van der Waals surface area contributed by atoms with Crippen molar-refractivity contribution in [3.63, 3.8) is 0 Å². The third kappa shape index (κ3) is 9.79. The lowest BCUT2D eigenvalue weighted by Crippen LogP contribution is -2.41. The lowest BCUT2D eigenvalue weighted by atomic mass is 9.69. The molecule has 2 aromatic carbocycles. The summed E-state index contributed by atoms with van der Waals surface area (Å²) >= 11 is 0. The van der Waals surface area contributed by atoms with Crippen molar-refractivity contribution >= 4 is 5.97 Å². The first-order chi connectivity index (χ1) is 19.6. The molecular formula is C37H53NO2. The Morgan fingerprint density at radius 1 is 0.725 bits per heavy atom. The summed E-state index contributed by atoms with van der Waals surface area (Å²) in [5.74, 6) is 0.202. The van der Waals surface area contributed by atoms with Crippen molar-refractivity contribution in [2.45, 2.75) is 148 Å². The zero-order chi connectivity index (χ0) is 28.5. The number of benzene rings is 2. The third-order valence-corrected chi connectivity index (χ3v) is 8.86. The second kappa shape index (κ2) is 18.0. The second-order valence-corrected chi connectivity index (χ2v) is 12.1. The van der Waals surface area contributed by atoms with Crippen molar-refractivity contribution < 1.29 is 9.53 Å². The number of nitrogens with zero attached hydrogens (tertiary/aromatic N) is 1. The number of rotatable bonds is 18. The fourth-order valence-corrected chi connectivity index (χ4v) is 6.26. The highest BCUT2D eigenvalue weighted by Gasteiger charge is 2.43. The van der Waals surface area contributed by atoms with Crippen LogP contribution in [-0.4, -0.2) is 5.97 Å². The van der Waals surface area contributed by atoms with Gasteiger partial charge in [0.1, 0.15) is 11.8 Å². The van der Waals surface area contributed by atoms with E-state index in [1.54, 1.807) is 0 Å². The molecule has 2 aromatic rings. The van der Waals surface area contributed by atoms with Crippen molar-refractivity contribution in [2.75, 3.05) is 0 Å². The molecule has 218 valence electrons. The van der Waals surface area contributed by atoms with Gasteiger partial charge in [0.2, 0.25) is 0 Å². The molecule has 0 bridgehead atoms. The highest BCUT2D eigenvalue weighted by molar-refractivity contribution is 5.85. The molecular weight excluding hydrogens is 490 g/mol. The van der Waals surface area contributed by atoms with Gasteiger partial charge in [-0.1, -0.05) is 134 Å². The molecule has 3 rings (SSSR count). The van der Waals surface area contributed by atoms with Gasteiger partial charge in [-0.15, -0.1) is 0 Å². The maximum absolute atomic E-state index is 13.8. The summed E-state index contributed by atoms with van der Waals surface area (Å²) in [5, 5.41) is 9.86. The summed E-state index contributed by atoms with van der Waals surface area (Å²) in [6.45, 7) is 4.50. The van der Waals surface area contributed by atoms with E-state index in [1.165, 1.54) is 82.6 Å². The largest absolute Gasteiger partial charge is 0.424 e. The molecule has 1 aliphatic rings. The third-order valence-electron chi connectivity index (χ3n) is 8.86. The molecule has 40 heavy (non-hydrogen) atoms. The van der Waals surface area contributed by atoms with Crippen molar-refractivity contribution in [1.82, 2.24) is 0 Å². The van der Waals surface area contributed by atoms with E-state index in [9.17, 15) is 10.1 Å². The standard InChI is InChI=1S/C37H53NO2/c1-3-5-7-9-11-13-16-20-32-23-26-35(33(29-32)30-38)40-36(39)37(27-17-14-18-28-37)34-24-21-31(22-25-34)19-15-12-10-8-6-4-2/h21-26,29H,3-20,27-28H2,1-2H3. The Hall–Kier alpha value is -2.60. The summed E-state index contributed by atoms with van der Waals surface area (Å²) in [5.41, 5.74) is 3.41. The zero-order valence-electron chi connectivity index (χ0n) is 25.4. The van der Waals surface area contributed by atoms with Crippen LogP contribution in [0.2, 0.25) is 0 Å². The molecule has 0 unspecified atom stereocenters. The molecule has 3 nitrogen and oxygen atoms in total. The minimum Gasteiger partial charge on any atom is -0.424 e. The van der Waals surface area contributed by atoms with E-state index in [1.807, 2.05) is 18.2 Å². The summed E-state index contributed by atoms with van der Waals surface area (Å²) in [7, 11) is 0. The lowest BCUT2D eigenvalue weighted by Gasteiger charge is -2.35. The van der Waals surface area contributed by atoms with E-state index >= 15 is 0 Å². The molecule has 0 aromatic heterocycles. The van der Waals surface area contributed by atoms with Gasteiger partial charge in [-0.2, -0.15) is 5.26 Å². The monoisotopic (exact) mass is 543 g/mol. The molecule has 0 N–H and O–H groups in total. The second-order valence-electron chi connectivity index (χ2n) is 12.1. The Kier molecular flexibility index (Phi) is 14.3. The Labute approximate surface area is 244 Å². The van der Waals surface area contributed by atoms with E-state index in [0.29, 0.717) is 11.3 Å². The van der Waals surface area contributed by atoms with Gasteiger partial charge in [0.05, 0.1) is 11.0 Å². The van der Waals surface area contributed by atoms with Crippen molar-refractivity contribution in [3.8, 4) is 11.8 Å². The molecule has 0 radical (unpaired) electrons. The van der Waals surface area contributed by atoms with Crippen LogP contribution < -0.4 is 4.74 Å². The molecule has 0 heterocycles. The normalized spacial score (nSPS) is 14.5. The van der Waals surface area contributed by atoms with Crippen LogP contribution in [0.25, 0.3) is 0 Å². The van der Waals surface area contributed by atoms with Gasteiger partial charge in [-0.3, -0.25) is 4.79 Å². The predicted molar refractivity (Wildman–Crippen MR) is 167 cm³/mol. The number of nitriles is 1. The average molecular weight is 544 g/mol.